The Labute approximate surface area is 81.0 Å². The Morgan fingerprint density at radius 1 is 1.38 bits per heavy atom. The van der Waals surface area contributed by atoms with Gasteiger partial charge in [-0.1, -0.05) is 6.92 Å². The van der Waals surface area contributed by atoms with Crippen LogP contribution in [-0.2, 0) is 0 Å². The summed E-state index contributed by atoms with van der Waals surface area (Å²) >= 11 is 0. The second kappa shape index (κ2) is 4.47. The van der Waals surface area contributed by atoms with Crippen LogP contribution in [0.3, 0.4) is 0 Å². The first-order valence-electron chi connectivity index (χ1n) is 5.06. The van der Waals surface area contributed by atoms with Crippen molar-refractivity contribution in [1.29, 1.82) is 0 Å². The molecule has 1 unspecified atom stereocenters. The minimum absolute atomic E-state index is 0.463. The smallest absolute Gasteiger partial charge is 0.0306 e. The van der Waals surface area contributed by atoms with E-state index in [-0.39, 0.29) is 0 Å². The van der Waals surface area contributed by atoms with Crippen LogP contribution in [0.1, 0.15) is 45.3 Å². The molecule has 0 fully saturated rings. The molecule has 1 aromatic heterocycles. The Bertz CT molecular complexity index is 250. The highest BCUT2D eigenvalue weighted by atomic mass is 15.0. The molecule has 0 aliphatic rings. The van der Waals surface area contributed by atoms with E-state index in [1.807, 2.05) is 0 Å². The van der Waals surface area contributed by atoms with Crippen LogP contribution in [-0.4, -0.2) is 11.1 Å². The molecular formula is C11H20N2. The molecule has 2 heteroatoms. The lowest BCUT2D eigenvalue weighted by molar-refractivity contribution is 0.579. The van der Waals surface area contributed by atoms with Crippen LogP contribution < -0.4 is 5.32 Å². The summed E-state index contributed by atoms with van der Waals surface area (Å²) in [4.78, 5) is 0. The van der Waals surface area contributed by atoms with Gasteiger partial charge in [0.25, 0.3) is 0 Å². The predicted molar refractivity (Wildman–Crippen MR) is 56.9 cm³/mol. The van der Waals surface area contributed by atoms with Gasteiger partial charge < -0.3 is 9.88 Å². The van der Waals surface area contributed by atoms with Gasteiger partial charge in [0, 0.05) is 24.5 Å². The lowest BCUT2D eigenvalue weighted by Crippen LogP contribution is -2.17. The Hall–Kier alpha value is -0.760. The van der Waals surface area contributed by atoms with Crippen LogP contribution in [0.5, 0.6) is 0 Å². The molecule has 1 N–H and O–H groups in total. The fourth-order valence-corrected chi connectivity index (χ4v) is 1.43. The van der Waals surface area contributed by atoms with Gasteiger partial charge in [0.15, 0.2) is 0 Å². The van der Waals surface area contributed by atoms with E-state index < -0.39 is 0 Å². The molecular weight excluding hydrogens is 160 g/mol. The quantitative estimate of drug-likeness (QED) is 0.754. The lowest BCUT2D eigenvalue weighted by atomic mass is 10.2. The van der Waals surface area contributed by atoms with Crippen molar-refractivity contribution in [3.05, 3.63) is 24.0 Å². The van der Waals surface area contributed by atoms with E-state index in [0.717, 1.165) is 6.54 Å². The first-order chi connectivity index (χ1) is 6.15. The van der Waals surface area contributed by atoms with Gasteiger partial charge in [0.1, 0.15) is 0 Å². The first-order valence-corrected chi connectivity index (χ1v) is 5.06. The molecule has 0 aromatic carbocycles. The maximum atomic E-state index is 3.40. The van der Waals surface area contributed by atoms with Crippen molar-refractivity contribution >= 4 is 0 Å². The van der Waals surface area contributed by atoms with E-state index in [1.165, 1.54) is 5.56 Å². The Kier molecular flexibility index (Phi) is 3.55. The number of rotatable bonds is 4. The van der Waals surface area contributed by atoms with Gasteiger partial charge >= 0.3 is 0 Å². The zero-order chi connectivity index (χ0) is 9.84. The number of nitrogens with zero attached hydrogens (tertiary/aromatic N) is 1. The third-order valence-electron chi connectivity index (χ3n) is 2.34. The third kappa shape index (κ3) is 2.59. The van der Waals surface area contributed by atoms with Crippen molar-refractivity contribution in [2.45, 2.75) is 39.8 Å². The van der Waals surface area contributed by atoms with E-state index in [1.54, 1.807) is 0 Å². The highest BCUT2D eigenvalue weighted by Gasteiger charge is 2.05. The normalized spacial score (nSPS) is 13.6. The Morgan fingerprint density at radius 3 is 2.54 bits per heavy atom. The summed E-state index contributed by atoms with van der Waals surface area (Å²) in [6, 6.07) is 3.21. The van der Waals surface area contributed by atoms with E-state index in [0.29, 0.717) is 12.1 Å². The standard InChI is InChI=1S/C11H20N2/c1-5-12-10(4)11-6-7-13(8-11)9(2)3/h6-10,12H,5H2,1-4H3. The van der Waals surface area contributed by atoms with Gasteiger partial charge in [-0.05, 0) is 38.9 Å². The molecule has 0 saturated heterocycles. The highest BCUT2D eigenvalue weighted by molar-refractivity contribution is 5.14. The third-order valence-corrected chi connectivity index (χ3v) is 2.34. The van der Waals surface area contributed by atoms with Gasteiger partial charge in [-0.25, -0.2) is 0 Å². The van der Waals surface area contributed by atoms with Crippen molar-refractivity contribution in [3.63, 3.8) is 0 Å². The monoisotopic (exact) mass is 180 g/mol. The topological polar surface area (TPSA) is 17.0 Å². The molecule has 0 bridgehead atoms. The van der Waals surface area contributed by atoms with Gasteiger partial charge in [0.2, 0.25) is 0 Å². The average Bonchev–Trinajstić information content (AvgIpc) is 2.52. The Balaban J connectivity index is 2.67. The largest absolute Gasteiger partial charge is 0.351 e. The zero-order valence-electron chi connectivity index (χ0n) is 9.04. The van der Waals surface area contributed by atoms with E-state index in [9.17, 15) is 0 Å². The summed E-state index contributed by atoms with van der Waals surface area (Å²) in [7, 11) is 0. The summed E-state index contributed by atoms with van der Waals surface area (Å²) in [6.07, 6.45) is 4.37. The molecule has 2 nitrogen and oxygen atoms in total. The highest BCUT2D eigenvalue weighted by Crippen LogP contribution is 2.15. The average molecular weight is 180 g/mol. The van der Waals surface area contributed by atoms with Crippen molar-refractivity contribution in [1.82, 2.24) is 9.88 Å². The number of nitrogens with one attached hydrogen (secondary N) is 1. The van der Waals surface area contributed by atoms with Crippen LogP contribution in [0, 0.1) is 0 Å². The van der Waals surface area contributed by atoms with E-state index >= 15 is 0 Å². The minimum atomic E-state index is 0.463. The molecule has 0 spiro atoms. The zero-order valence-corrected chi connectivity index (χ0v) is 9.04. The minimum Gasteiger partial charge on any atom is -0.351 e. The van der Waals surface area contributed by atoms with Crippen molar-refractivity contribution in [3.8, 4) is 0 Å². The molecule has 1 rings (SSSR count). The van der Waals surface area contributed by atoms with Crippen molar-refractivity contribution in [2.75, 3.05) is 6.54 Å². The second-order valence-electron chi connectivity index (χ2n) is 3.77. The van der Waals surface area contributed by atoms with Crippen molar-refractivity contribution in [2.24, 2.45) is 0 Å². The molecule has 0 aliphatic heterocycles. The van der Waals surface area contributed by atoms with E-state index in [2.05, 4.69) is 56.0 Å². The van der Waals surface area contributed by atoms with Crippen LogP contribution in [0.15, 0.2) is 18.5 Å². The second-order valence-corrected chi connectivity index (χ2v) is 3.77. The summed E-state index contributed by atoms with van der Waals surface area (Å²) in [5.74, 6) is 0. The Morgan fingerprint density at radius 2 is 2.08 bits per heavy atom. The van der Waals surface area contributed by atoms with Gasteiger partial charge in [-0.2, -0.15) is 0 Å². The predicted octanol–water partition coefficient (Wildman–Crippen LogP) is 2.74. The van der Waals surface area contributed by atoms with Crippen LogP contribution >= 0.6 is 0 Å². The summed E-state index contributed by atoms with van der Waals surface area (Å²) < 4.78 is 2.24. The molecule has 0 aliphatic carbocycles. The summed E-state index contributed by atoms with van der Waals surface area (Å²) in [6.45, 7) is 9.75. The van der Waals surface area contributed by atoms with Crippen LogP contribution in [0.2, 0.25) is 0 Å². The molecule has 74 valence electrons. The van der Waals surface area contributed by atoms with Gasteiger partial charge in [0.05, 0.1) is 0 Å². The molecule has 1 aromatic rings. The van der Waals surface area contributed by atoms with Crippen LogP contribution in [0.25, 0.3) is 0 Å². The molecule has 13 heavy (non-hydrogen) atoms. The molecule has 0 radical (unpaired) electrons. The fourth-order valence-electron chi connectivity index (χ4n) is 1.43. The molecule has 0 amide bonds. The summed E-state index contributed by atoms with van der Waals surface area (Å²) in [5, 5.41) is 3.40. The van der Waals surface area contributed by atoms with Crippen molar-refractivity contribution < 1.29 is 0 Å². The van der Waals surface area contributed by atoms with Gasteiger partial charge in [-0.15, -0.1) is 0 Å². The van der Waals surface area contributed by atoms with Gasteiger partial charge in [-0.3, -0.25) is 0 Å². The number of hydrogen-bond donors (Lipinski definition) is 1. The number of aromatic nitrogens is 1. The number of hydrogen-bond acceptors (Lipinski definition) is 1. The maximum absolute atomic E-state index is 3.40. The molecule has 0 saturated carbocycles. The first kappa shape index (κ1) is 10.3. The maximum Gasteiger partial charge on any atom is 0.0306 e. The van der Waals surface area contributed by atoms with Crippen LogP contribution in [0.4, 0.5) is 0 Å². The molecule has 1 heterocycles. The fraction of sp³-hybridized carbons (Fsp3) is 0.636. The lowest BCUT2D eigenvalue weighted by Gasteiger charge is -2.10. The molecule has 1 atom stereocenters. The van der Waals surface area contributed by atoms with E-state index in [4.69, 9.17) is 0 Å². The SMILES string of the molecule is CCNC(C)c1ccn(C(C)C)c1. The summed E-state index contributed by atoms with van der Waals surface area (Å²) in [5.41, 5.74) is 1.37.